The minimum absolute atomic E-state index is 0.196. The average molecular weight is 243 g/mol. The lowest BCUT2D eigenvalue weighted by Crippen LogP contribution is -2.18. The second-order valence-electron chi connectivity index (χ2n) is 4.93. The molecule has 2 aromatic rings. The molecule has 0 radical (unpaired) electrons. The zero-order chi connectivity index (χ0) is 13.3. The fraction of sp³-hybridized carbons (Fsp3) is 0.375. The van der Waals surface area contributed by atoms with E-state index in [2.05, 4.69) is 43.4 Å². The number of furan rings is 1. The predicted octanol–water partition coefficient (Wildman–Crippen LogP) is 3.82. The van der Waals surface area contributed by atoms with E-state index in [4.69, 9.17) is 4.42 Å². The molecule has 0 aliphatic carbocycles. The summed E-state index contributed by atoms with van der Waals surface area (Å²) in [5, 5.41) is 3.38. The minimum Gasteiger partial charge on any atom is -0.466 e. The van der Waals surface area contributed by atoms with Gasteiger partial charge in [0, 0.05) is 5.56 Å². The van der Waals surface area contributed by atoms with Crippen molar-refractivity contribution < 1.29 is 4.42 Å². The van der Waals surface area contributed by atoms with Crippen LogP contribution in [0.15, 0.2) is 28.7 Å². The maximum atomic E-state index is 5.63. The zero-order valence-electron chi connectivity index (χ0n) is 11.8. The summed E-state index contributed by atoms with van der Waals surface area (Å²) in [7, 11) is 1.99. The van der Waals surface area contributed by atoms with E-state index in [9.17, 15) is 0 Å². The van der Waals surface area contributed by atoms with Crippen LogP contribution in [0.25, 0.3) is 0 Å². The Morgan fingerprint density at radius 3 is 2.22 bits per heavy atom. The van der Waals surface area contributed by atoms with Gasteiger partial charge in [-0.1, -0.05) is 18.2 Å². The lowest BCUT2D eigenvalue weighted by molar-refractivity contribution is 0.497. The Bertz CT molecular complexity index is 554. The largest absolute Gasteiger partial charge is 0.466 e. The van der Waals surface area contributed by atoms with Crippen molar-refractivity contribution in [1.29, 1.82) is 0 Å². The Morgan fingerprint density at radius 1 is 1.00 bits per heavy atom. The van der Waals surface area contributed by atoms with Crippen LogP contribution in [0.3, 0.4) is 0 Å². The molecule has 0 fully saturated rings. The summed E-state index contributed by atoms with van der Waals surface area (Å²) in [6.45, 7) is 8.30. The van der Waals surface area contributed by atoms with Gasteiger partial charge in [-0.2, -0.15) is 0 Å². The number of aryl methyl sites for hydroxylation is 4. The predicted molar refractivity (Wildman–Crippen MR) is 75.0 cm³/mol. The molecule has 18 heavy (non-hydrogen) atoms. The topological polar surface area (TPSA) is 25.2 Å². The summed E-state index contributed by atoms with van der Waals surface area (Å²) in [6, 6.07) is 8.92. The summed E-state index contributed by atoms with van der Waals surface area (Å²) in [5.74, 6) is 1.96. The maximum absolute atomic E-state index is 5.63. The van der Waals surface area contributed by atoms with Crippen LogP contribution in [0, 0.1) is 27.7 Å². The summed E-state index contributed by atoms with van der Waals surface area (Å²) >= 11 is 0. The monoisotopic (exact) mass is 243 g/mol. The molecule has 0 spiro atoms. The number of benzene rings is 1. The molecule has 1 aromatic carbocycles. The van der Waals surface area contributed by atoms with E-state index in [0.29, 0.717) is 0 Å². The molecular formula is C16H21NO. The van der Waals surface area contributed by atoms with Crippen molar-refractivity contribution in [2.75, 3.05) is 7.05 Å². The lowest BCUT2D eigenvalue weighted by atomic mass is 9.96. The van der Waals surface area contributed by atoms with Gasteiger partial charge in [-0.25, -0.2) is 0 Å². The van der Waals surface area contributed by atoms with Gasteiger partial charge in [-0.05, 0) is 57.5 Å². The Morgan fingerprint density at radius 2 is 1.72 bits per heavy atom. The molecule has 0 saturated heterocycles. The van der Waals surface area contributed by atoms with Crippen molar-refractivity contribution in [2.45, 2.75) is 33.7 Å². The Balaban J connectivity index is 2.45. The van der Waals surface area contributed by atoms with Gasteiger partial charge in [-0.15, -0.1) is 0 Å². The molecule has 1 aromatic heterocycles. The molecular weight excluding hydrogens is 222 g/mol. The van der Waals surface area contributed by atoms with E-state index < -0.39 is 0 Å². The van der Waals surface area contributed by atoms with Gasteiger partial charge in [0.05, 0.1) is 6.04 Å². The fourth-order valence-electron chi connectivity index (χ4n) is 2.38. The third-order valence-corrected chi connectivity index (χ3v) is 3.54. The van der Waals surface area contributed by atoms with Crippen molar-refractivity contribution in [3.8, 4) is 0 Å². The van der Waals surface area contributed by atoms with Gasteiger partial charge < -0.3 is 9.73 Å². The summed E-state index contributed by atoms with van der Waals surface area (Å²) in [5.41, 5.74) is 5.15. The summed E-state index contributed by atoms with van der Waals surface area (Å²) in [4.78, 5) is 0. The van der Waals surface area contributed by atoms with E-state index in [-0.39, 0.29) is 6.04 Å². The van der Waals surface area contributed by atoms with Crippen molar-refractivity contribution in [1.82, 2.24) is 5.32 Å². The van der Waals surface area contributed by atoms with Crippen LogP contribution in [-0.4, -0.2) is 7.05 Å². The number of hydrogen-bond acceptors (Lipinski definition) is 2. The summed E-state index contributed by atoms with van der Waals surface area (Å²) < 4.78 is 5.63. The van der Waals surface area contributed by atoms with Gasteiger partial charge in [-0.3, -0.25) is 0 Å². The van der Waals surface area contributed by atoms with E-state index in [1.165, 1.54) is 22.3 Å². The molecule has 2 heteroatoms. The molecule has 0 aliphatic rings. The summed E-state index contributed by atoms with van der Waals surface area (Å²) in [6.07, 6.45) is 0. The minimum atomic E-state index is 0.196. The van der Waals surface area contributed by atoms with Gasteiger partial charge in [0.15, 0.2) is 0 Å². The van der Waals surface area contributed by atoms with Crippen LogP contribution in [0.5, 0.6) is 0 Å². The third kappa shape index (κ3) is 2.34. The fourth-order valence-corrected chi connectivity index (χ4v) is 2.38. The first-order valence-electron chi connectivity index (χ1n) is 6.34. The molecule has 96 valence electrons. The molecule has 0 aliphatic heterocycles. The van der Waals surface area contributed by atoms with Crippen molar-refractivity contribution >= 4 is 0 Å². The lowest BCUT2D eigenvalue weighted by Gasteiger charge is -2.17. The number of hydrogen-bond donors (Lipinski definition) is 1. The second kappa shape index (κ2) is 4.99. The smallest absolute Gasteiger partial charge is 0.106 e. The van der Waals surface area contributed by atoms with E-state index in [1.807, 2.05) is 20.9 Å². The number of rotatable bonds is 3. The molecule has 2 rings (SSSR count). The van der Waals surface area contributed by atoms with Crippen LogP contribution in [-0.2, 0) is 0 Å². The normalized spacial score (nSPS) is 12.7. The van der Waals surface area contributed by atoms with Gasteiger partial charge in [0.1, 0.15) is 11.5 Å². The van der Waals surface area contributed by atoms with Crippen LogP contribution in [0.2, 0.25) is 0 Å². The van der Waals surface area contributed by atoms with Crippen molar-refractivity contribution in [2.24, 2.45) is 0 Å². The standard InChI is InChI=1S/C16H21NO/c1-10-6-7-14(8-11(10)2)16(17-5)15-9-12(3)18-13(15)4/h6-9,16-17H,1-5H3. The molecule has 1 N–H and O–H groups in total. The van der Waals surface area contributed by atoms with Crippen LogP contribution >= 0.6 is 0 Å². The molecule has 1 heterocycles. The molecule has 0 bridgehead atoms. The molecule has 0 saturated carbocycles. The quantitative estimate of drug-likeness (QED) is 0.886. The number of nitrogens with one attached hydrogen (secondary N) is 1. The highest BCUT2D eigenvalue weighted by molar-refractivity contribution is 5.38. The third-order valence-electron chi connectivity index (χ3n) is 3.54. The van der Waals surface area contributed by atoms with E-state index in [0.717, 1.165) is 11.5 Å². The molecule has 0 amide bonds. The zero-order valence-corrected chi connectivity index (χ0v) is 11.8. The Kier molecular flexibility index (Phi) is 3.58. The Hall–Kier alpha value is -1.54. The van der Waals surface area contributed by atoms with Crippen LogP contribution in [0.1, 0.15) is 39.8 Å². The molecule has 2 nitrogen and oxygen atoms in total. The molecule has 1 atom stereocenters. The first-order chi connectivity index (χ1) is 8.52. The SMILES string of the molecule is CNC(c1ccc(C)c(C)c1)c1cc(C)oc1C. The van der Waals surface area contributed by atoms with Crippen LogP contribution in [0.4, 0.5) is 0 Å². The highest BCUT2D eigenvalue weighted by atomic mass is 16.3. The van der Waals surface area contributed by atoms with Gasteiger partial charge >= 0.3 is 0 Å². The highest BCUT2D eigenvalue weighted by Crippen LogP contribution is 2.28. The maximum Gasteiger partial charge on any atom is 0.106 e. The van der Waals surface area contributed by atoms with Crippen LogP contribution < -0.4 is 5.32 Å². The van der Waals surface area contributed by atoms with Crippen molar-refractivity contribution in [3.05, 3.63) is 58.0 Å². The van der Waals surface area contributed by atoms with Crippen molar-refractivity contribution in [3.63, 3.8) is 0 Å². The second-order valence-corrected chi connectivity index (χ2v) is 4.93. The Labute approximate surface area is 109 Å². The first-order valence-corrected chi connectivity index (χ1v) is 6.34. The van der Waals surface area contributed by atoms with E-state index >= 15 is 0 Å². The molecule has 1 unspecified atom stereocenters. The average Bonchev–Trinajstić information content (AvgIpc) is 2.64. The van der Waals surface area contributed by atoms with Gasteiger partial charge in [0.25, 0.3) is 0 Å². The highest BCUT2D eigenvalue weighted by Gasteiger charge is 2.17. The first kappa shape index (κ1) is 12.9. The van der Waals surface area contributed by atoms with E-state index in [1.54, 1.807) is 0 Å². The van der Waals surface area contributed by atoms with Gasteiger partial charge in [0.2, 0.25) is 0 Å².